The standard InChI is InChI=1S/C20H21NO7/c1-6-7-14-19(27-4)18(23)13(10-21-14)17(22)16-12(20(24)28-5)8-11(25-2)9-15(16)26-3/h6-10H,1-5H3,(H,21,23). The average molecular weight is 387 g/mol. The molecule has 0 aliphatic rings. The Labute approximate surface area is 161 Å². The number of nitrogens with one attached hydrogen (secondary N) is 1. The van der Waals surface area contributed by atoms with Crippen LogP contribution >= 0.6 is 0 Å². The second-order valence-corrected chi connectivity index (χ2v) is 5.55. The minimum atomic E-state index is -0.769. The van der Waals surface area contributed by atoms with E-state index >= 15 is 0 Å². The molecule has 0 unspecified atom stereocenters. The minimum absolute atomic E-state index is 0.0175. The number of rotatable bonds is 7. The molecule has 0 fully saturated rings. The summed E-state index contributed by atoms with van der Waals surface area (Å²) >= 11 is 0. The van der Waals surface area contributed by atoms with E-state index in [9.17, 15) is 14.4 Å². The van der Waals surface area contributed by atoms with E-state index < -0.39 is 17.2 Å². The van der Waals surface area contributed by atoms with Crippen LogP contribution in [0.25, 0.3) is 6.08 Å². The summed E-state index contributed by atoms with van der Waals surface area (Å²) in [5, 5.41) is 0. The van der Waals surface area contributed by atoms with Crippen molar-refractivity contribution in [1.29, 1.82) is 0 Å². The summed E-state index contributed by atoms with van der Waals surface area (Å²) in [5.41, 5.74) is -0.603. The van der Waals surface area contributed by atoms with E-state index in [1.54, 1.807) is 19.1 Å². The average Bonchev–Trinajstić information content (AvgIpc) is 2.72. The van der Waals surface area contributed by atoms with Gasteiger partial charge in [0.15, 0.2) is 5.75 Å². The zero-order chi connectivity index (χ0) is 20.8. The van der Waals surface area contributed by atoms with E-state index in [-0.39, 0.29) is 28.2 Å². The summed E-state index contributed by atoms with van der Waals surface area (Å²) in [5.74, 6) is -1.14. The molecule has 0 spiro atoms. The van der Waals surface area contributed by atoms with E-state index in [2.05, 4.69) is 4.98 Å². The molecule has 0 aliphatic carbocycles. The molecule has 0 amide bonds. The Kier molecular flexibility index (Phi) is 6.59. The van der Waals surface area contributed by atoms with Crippen molar-refractivity contribution < 1.29 is 28.5 Å². The lowest BCUT2D eigenvalue weighted by Crippen LogP contribution is -2.22. The van der Waals surface area contributed by atoms with Gasteiger partial charge in [-0.3, -0.25) is 9.59 Å². The fourth-order valence-electron chi connectivity index (χ4n) is 2.70. The molecule has 0 aliphatic heterocycles. The molecule has 148 valence electrons. The van der Waals surface area contributed by atoms with Crippen LogP contribution in [0.15, 0.2) is 29.2 Å². The van der Waals surface area contributed by atoms with Gasteiger partial charge in [0.1, 0.15) is 11.5 Å². The predicted octanol–water partition coefficient (Wildman–Crippen LogP) is 2.45. The zero-order valence-electron chi connectivity index (χ0n) is 16.2. The van der Waals surface area contributed by atoms with E-state index in [4.69, 9.17) is 18.9 Å². The molecular weight excluding hydrogens is 366 g/mol. The van der Waals surface area contributed by atoms with Crippen LogP contribution in [0, 0.1) is 0 Å². The highest BCUT2D eigenvalue weighted by molar-refractivity contribution is 6.16. The van der Waals surface area contributed by atoms with Gasteiger partial charge < -0.3 is 23.9 Å². The molecular formula is C20H21NO7. The first kappa shape index (κ1) is 20.8. The van der Waals surface area contributed by atoms with Crippen LogP contribution < -0.4 is 19.6 Å². The van der Waals surface area contributed by atoms with Crippen molar-refractivity contribution in [3.8, 4) is 17.2 Å². The van der Waals surface area contributed by atoms with Crippen LogP contribution in [-0.4, -0.2) is 45.2 Å². The van der Waals surface area contributed by atoms with Crippen molar-refractivity contribution in [2.75, 3.05) is 28.4 Å². The van der Waals surface area contributed by atoms with Gasteiger partial charge in [-0.05, 0) is 19.1 Å². The molecule has 0 atom stereocenters. The molecule has 1 N–H and O–H groups in total. The van der Waals surface area contributed by atoms with Crippen molar-refractivity contribution in [2.45, 2.75) is 6.92 Å². The third-order valence-electron chi connectivity index (χ3n) is 4.01. The zero-order valence-corrected chi connectivity index (χ0v) is 16.2. The number of H-pyrrole nitrogens is 1. The maximum absolute atomic E-state index is 13.2. The van der Waals surface area contributed by atoms with Gasteiger partial charge in [0.05, 0.1) is 50.8 Å². The number of hydrogen-bond acceptors (Lipinski definition) is 7. The number of methoxy groups -OCH3 is 4. The molecule has 2 rings (SSSR count). The smallest absolute Gasteiger partial charge is 0.338 e. The lowest BCUT2D eigenvalue weighted by atomic mass is 9.97. The lowest BCUT2D eigenvalue weighted by molar-refractivity contribution is 0.0596. The first-order valence-corrected chi connectivity index (χ1v) is 8.24. The van der Waals surface area contributed by atoms with Gasteiger partial charge in [0, 0.05) is 12.3 Å². The van der Waals surface area contributed by atoms with Crippen LogP contribution in [0.5, 0.6) is 17.2 Å². The van der Waals surface area contributed by atoms with Crippen LogP contribution in [0.1, 0.15) is 38.9 Å². The van der Waals surface area contributed by atoms with Crippen molar-refractivity contribution in [1.82, 2.24) is 4.98 Å². The second-order valence-electron chi connectivity index (χ2n) is 5.55. The van der Waals surface area contributed by atoms with Crippen molar-refractivity contribution in [2.24, 2.45) is 0 Å². The number of aromatic amines is 1. The van der Waals surface area contributed by atoms with Gasteiger partial charge in [0.25, 0.3) is 0 Å². The van der Waals surface area contributed by atoms with Crippen LogP contribution in [-0.2, 0) is 4.74 Å². The topological polar surface area (TPSA) is 104 Å². The summed E-state index contributed by atoms with van der Waals surface area (Å²) in [6.45, 7) is 1.78. The molecule has 0 radical (unpaired) electrons. The number of aromatic nitrogens is 1. The van der Waals surface area contributed by atoms with Gasteiger partial charge in [-0.1, -0.05) is 6.08 Å². The highest BCUT2D eigenvalue weighted by Crippen LogP contribution is 2.31. The molecule has 2 aromatic rings. The fourth-order valence-corrected chi connectivity index (χ4v) is 2.70. The Morgan fingerprint density at radius 1 is 1.00 bits per heavy atom. The molecule has 8 heteroatoms. The number of allylic oxidation sites excluding steroid dienone is 1. The number of ether oxygens (including phenoxy) is 4. The monoisotopic (exact) mass is 387 g/mol. The summed E-state index contributed by atoms with van der Waals surface area (Å²) < 4.78 is 20.3. The first-order chi connectivity index (χ1) is 13.4. The fraction of sp³-hybridized carbons (Fsp3) is 0.250. The number of carbonyl (C=O) groups is 2. The van der Waals surface area contributed by atoms with E-state index in [0.29, 0.717) is 11.4 Å². The molecule has 8 nitrogen and oxygen atoms in total. The summed E-state index contributed by atoms with van der Waals surface area (Å²) in [7, 11) is 5.27. The molecule has 1 aromatic heterocycles. The minimum Gasteiger partial charge on any atom is -0.497 e. The molecule has 28 heavy (non-hydrogen) atoms. The summed E-state index contributed by atoms with van der Waals surface area (Å²) in [6.07, 6.45) is 4.63. The normalized spacial score (nSPS) is 10.6. The van der Waals surface area contributed by atoms with Crippen LogP contribution in [0.3, 0.4) is 0 Å². The third-order valence-corrected chi connectivity index (χ3v) is 4.01. The van der Waals surface area contributed by atoms with Crippen LogP contribution in [0.4, 0.5) is 0 Å². The van der Waals surface area contributed by atoms with E-state index in [0.717, 1.165) is 0 Å². The molecule has 1 heterocycles. The van der Waals surface area contributed by atoms with E-state index in [1.165, 1.54) is 46.8 Å². The molecule has 0 saturated heterocycles. The van der Waals surface area contributed by atoms with Gasteiger partial charge in [-0.15, -0.1) is 0 Å². The number of carbonyl (C=O) groups excluding carboxylic acids is 2. The summed E-state index contributed by atoms with van der Waals surface area (Å²) in [6, 6.07) is 2.79. The van der Waals surface area contributed by atoms with Gasteiger partial charge in [-0.25, -0.2) is 4.79 Å². The Morgan fingerprint density at radius 3 is 2.25 bits per heavy atom. The SMILES string of the molecule is CC=Cc1[nH]cc(C(=O)c2c(OC)cc(OC)cc2C(=O)OC)c(=O)c1OC. The third kappa shape index (κ3) is 3.75. The first-order valence-electron chi connectivity index (χ1n) is 8.24. The summed E-state index contributed by atoms with van der Waals surface area (Å²) in [4.78, 5) is 41.1. The highest BCUT2D eigenvalue weighted by atomic mass is 16.5. The Bertz CT molecular complexity index is 989. The number of benzene rings is 1. The Morgan fingerprint density at radius 2 is 1.71 bits per heavy atom. The van der Waals surface area contributed by atoms with E-state index in [1.807, 2.05) is 0 Å². The van der Waals surface area contributed by atoms with Crippen molar-refractivity contribution >= 4 is 17.8 Å². The molecule has 0 saturated carbocycles. The maximum Gasteiger partial charge on any atom is 0.338 e. The maximum atomic E-state index is 13.2. The quantitative estimate of drug-likeness (QED) is 0.575. The number of pyridine rings is 1. The number of esters is 1. The number of ketones is 1. The predicted molar refractivity (Wildman–Crippen MR) is 103 cm³/mol. The van der Waals surface area contributed by atoms with Crippen LogP contribution in [0.2, 0.25) is 0 Å². The molecule has 1 aromatic carbocycles. The van der Waals surface area contributed by atoms with Gasteiger partial charge >= 0.3 is 5.97 Å². The van der Waals surface area contributed by atoms with Gasteiger partial charge in [0.2, 0.25) is 11.2 Å². The van der Waals surface area contributed by atoms with Crippen molar-refractivity contribution in [3.63, 3.8) is 0 Å². The second kappa shape index (κ2) is 8.90. The molecule has 0 bridgehead atoms. The Hall–Kier alpha value is -3.55. The highest BCUT2D eigenvalue weighted by Gasteiger charge is 2.28. The Balaban J connectivity index is 2.77. The van der Waals surface area contributed by atoms with Gasteiger partial charge in [-0.2, -0.15) is 0 Å². The number of hydrogen-bond donors (Lipinski definition) is 1. The van der Waals surface area contributed by atoms with Crippen molar-refractivity contribution in [3.05, 3.63) is 57.0 Å². The lowest BCUT2D eigenvalue weighted by Gasteiger charge is -2.14. The largest absolute Gasteiger partial charge is 0.497 e.